The fourth-order valence-electron chi connectivity index (χ4n) is 4.25. The zero-order valence-electron chi connectivity index (χ0n) is 14.2. The van der Waals surface area contributed by atoms with Crippen molar-refractivity contribution in [2.24, 2.45) is 7.05 Å². The maximum Gasteiger partial charge on any atom is 0.230 e. The molecule has 5 heteroatoms. The SMILES string of the molecule is Cn1cnnc1C1CCN(C(=O)[C@@H]2CCCc3ccccc32)CC1. The van der Waals surface area contributed by atoms with Gasteiger partial charge in [0.05, 0.1) is 5.92 Å². The van der Waals surface area contributed by atoms with Crippen LogP contribution >= 0.6 is 0 Å². The number of carbonyl (C=O) groups excluding carboxylic acids is 1. The Hall–Kier alpha value is -2.17. The smallest absolute Gasteiger partial charge is 0.230 e. The van der Waals surface area contributed by atoms with E-state index in [0.29, 0.717) is 11.8 Å². The molecule has 0 saturated carbocycles. The highest BCUT2D eigenvalue weighted by Crippen LogP contribution is 2.34. The predicted molar refractivity (Wildman–Crippen MR) is 91.7 cm³/mol. The molecule has 0 N–H and O–H groups in total. The highest BCUT2D eigenvalue weighted by atomic mass is 16.2. The van der Waals surface area contributed by atoms with E-state index >= 15 is 0 Å². The highest BCUT2D eigenvalue weighted by Gasteiger charge is 2.32. The van der Waals surface area contributed by atoms with E-state index in [1.54, 1.807) is 6.33 Å². The van der Waals surface area contributed by atoms with Gasteiger partial charge in [-0.15, -0.1) is 10.2 Å². The van der Waals surface area contributed by atoms with Crippen LogP contribution in [-0.2, 0) is 18.3 Å². The molecule has 2 aliphatic rings. The Morgan fingerprint density at radius 3 is 2.71 bits per heavy atom. The van der Waals surface area contributed by atoms with Gasteiger partial charge in [-0.3, -0.25) is 4.79 Å². The monoisotopic (exact) mass is 324 g/mol. The summed E-state index contributed by atoms with van der Waals surface area (Å²) >= 11 is 0. The predicted octanol–water partition coefficient (Wildman–Crippen LogP) is 2.64. The van der Waals surface area contributed by atoms with Gasteiger partial charge in [0.2, 0.25) is 5.91 Å². The van der Waals surface area contributed by atoms with Crippen LogP contribution < -0.4 is 0 Å². The summed E-state index contributed by atoms with van der Waals surface area (Å²) in [6.07, 6.45) is 6.92. The fraction of sp³-hybridized carbons (Fsp3) is 0.526. The summed E-state index contributed by atoms with van der Waals surface area (Å²) in [7, 11) is 1.99. The first-order valence-electron chi connectivity index (χ1n) is 8.94. The molecule has 4 rings (SSSR count). The number of aromatic nitrogens is 3. The second-order valence-electron chi connectivity index (χ2n) is 7.04. The van der Waals surface area contributed by atoms with Crippen molar-refractivity contribution in [2.75, 3.05) is 13.1 Å². The number of aryl methyl sites for hydroxylation is 2. The van der Waals surface area contributed by atoms with Crippen molar-refractivity contribution in [3.63, 3.8) is 0 Å². The number of hydrogen-bond acceptors (Lipinski definition) is 3. The summed E-state index contributed by atoms with van der Waals surface area (Å²) in [4.78, 5) is 15.1. The number of fused-ring (bicyclic) bond motifs is 1. The molecule has 1 atom stereocenters. The van der Waals surface area contributed by atoms with Crippen molar-refractivity contribution in [1.29, 1.82) is 0 Å². The molecule has 126 valence electrons. The minimum Gasteiger partial charge on any atom is -0.342 e. The van der Waals surface area contributed by atoms with Gasteiger partial charge in [-0.1, -0.05) is 24.3 Å². The van der Waals surface area contributed by atoms with Crippen LogP contribution in [0.15, 0.2) is 30.6 Å². The number of piperidine rings is 1. The van der Waals surface area contributed by atoms with Crippen molar-refractivity contribution in [3.8, 4) is 0 Å². The summed E-state index contributed by atoms with van der Waals surface area (Å²) < 4.78 is 2.00. The largest absolute Gasteiger partial charge is 0.342 e. The second-order valence-corrected chi connectivity index (χ2v) is 7.04. The first-order chi connectivity index (χ1) is 11.7. The topological polar surface area (TPSA) is 51.0 Å². The average Bonchev–Trinajstić information content (AvgIpc) is 3.07. The molecule has 1 aromatic carbocycles. The number of likely N-dealkylation sites (tertiary alicyclic amines) is 1. The molecule has 1 aliphatic carbocycles. The molecule has 1 saturated heterocycles. The second kappa shape index (κ2) is 6.38. The third-order valence-corrected chi connectivity index (χ3v) is 5.59. The number of benzene rings is 1. The summed E-state index contributed by atoms with van der Waals surface area (Å²) in [5.74, 6) is 1.84. The van der Waals surface area contributed by atoms with Gasteiger partial charge in [0.15, 0.2) is 0 Å². The lowest BCUT2D eigenvalue weighted by Crippen LogP contribution is -2.41. The van der Waals surface area contributed by atoms with Crippen LogP contribution in [0.5, 0.6) is 0 Å². The highest BCUT2D eigenvalue weighted by molar-refractivity contribution is 5.84. The van der Waals surface area contributed by atoms with E-state index in [-0.39, 0.29) is 5.92 Å². The van der Waals surface area contributed by atoms with E-state index in [1.807, 2.05) is 11.6 Å². The van der Waals surface area contributed by atoms with Gasteiger partial charge in [0, 0.05) is 26.1 Å². The molecule has 2 aromatic rings. The van der Waals surface area contributed by atoms with Crippen LogP contribution in [0.3, 0.4) is 0 Å². The Balaban J connectivity index is 1.45. The normalized spacial score (nSPS) is 21.5. The van der Waals surface area contributed by atoms with E-state index in [9.17, 15) is 4.79 Å². The number of hydrogen-bond donors (Lipinski definition) is 0. The Kier molecular flexibility index (Phi) is 4.08. The van der Waals surface area contributed by atoms with Crippen LogP contribution in [0, 0.1) is 0 Å². The quantitative estimate of drug-likeness (QED) is 0.853. The molecule has 0 unspecified atom stereocenters. The third kappa shape index (κ3) is 2.72. The molecule has 1 aliphatic heterocycles. The summed E-state index contributed by atoms with van der Waals surface area (Å²) in [5.41, 5.74) is 2.61. The maximum atomic E-state index is 13.1. The van der Waals surface area contributed by atoms with Gasteiger partial charge in [0.25, 0.3) is 0 Å². The average molecular weight is 324 g/mol. The molecule has 1 fully saturated rings. The van der Waals surface area contributed by atoms with Gasteiger partial charge in [0.1, 0.15) is 12.2 Å². The molecule has 2 heterocycles. The Morgan fingerprint density at radius 2 is 1.96 bits per heavy atom. The first kappa shape index (κ1) is 15.4. The van der Waals surface area contributed by atoms with Crippen LogP contribution in [0.4, 0.5) is 0 Å². The van der Waals surface area contributed by atoms with E-state index in [2.05, 4.69) is 39.4 Å². The van der Waals surface area contributed by atoms with Crippen molar-refractivity contribution in [2.45, 2.75) is 43.9 Å². The minimum atomic E-state index is 0.0568. The van der Waals surface area contributed by atoms with E-state index in [4.69, 9.17) is 0 Å². The lowest BCUT2D eigenvalue weighted by Gasteiger charge is -2.35. The van der Waals surface area contributed by atoms with Gasteiger partial charge in [-0.05, 0) is 43.2 Å². The summed E-state index contributed by atoms with van der Waals surface area (Å²) in [6.45, 7) is 1.66. The molecule has 24 heavy (non-hydrogen) atoms. The van der Waals surface area contributed by atoms with Gasteiger partial charge in [-0.25, -0.2) is 0 Å². The minimum absolute atomic E-state index is 0.0568. The molecule has 0 bridgehead atoms. The zero-order chi connectivity index (χ0) is 16.5. The summed E-state index contributed by atoms with van der Waals surface area (Å²) in [6, 6.07) is 8.46. The number of carbonyl (C=O) groups is 1. The van der Waals surface area contributed by atoms with Gasteiger partial charge < -0.3 is 9.47 Å². The molecule has 1 amide bonds. The van der Waals surface area contributed by atoms with Crippen LogP contribution in [-0.4, -0.2) is 38.7 Å². The molecule has 0 radical (unpaired) electrons. The Morgan fingerprint density at radius 1 is 1.17 bits per heavy atom. The van der Waals surface area contributed by atoms with E-state index in [0.717, 1.165) is 51.0 Å². The first-order valence-corrected chi connectivity index (χ1v) is 8.94. The van der Waals surface area contributed by atoms with Gasteiger partial charge in [-0.2, -0.15) is 0 Å². The molecule has 5 nitrogen and oxygen atoms in total. The van der Waals surface area contributed by atoms with E-state index in [1.165, 1.54) is 11.1 Å². The Bertz CT molecular complexity index is 730. The lowest BCUT2D eigenvalue weighted by atomic mass is 9.81. The summed E-state index contributed by atoms with van der Waals surface area (Å²) in [5, 5.41) is 8.22. The lowest BCUT2D eigenvalue weighted by molar-refractivity contribution is -0.134. The molecular formula is C19H24N4O. The molecule has 1 aromatic heterocycles. The van der Waals surface area contributed by atoms with Crippen molar-refractivity contribution >= 4 is 5.91 Å². The van der Waals surface area contributed by atoms with Crippen molar-refractivity contribution < 1.29 is 4.79 Å². The number of nitrogens with zero attached hydrogens (tertiary/aromatic N) is 4. The van der Waals surface area contributed by atoms with Crippen LogP contribution in [0.2, 0.25) is 0 Å². The van der Waals surface area contributed by atoms with Gasteiger partial charge >= 0.3 is 0 Å². The van der Waals surface area contributed by atoms with Crippen LogP contribution in [0.1, 0.15) is 54.5 Å². The fourth-order valence-corrected chi connectivity index (χ4v) is 4.25. The number of rotatable bonds is 2. The number of amides is 1. The molecular weight excluding hydrogens is 300 g/mol. The maximum absolute atomic E-state index is 13.1. The van der Waals surface area contributed by atoms with Crippen molar-refractivity contribution in [3.05, 3.63) is 47.5 Å². The zero-order valence-corrected chi connectivity index (χ0v) is 14.2. The van der Waals surface area contributed by atoms with Crippen molar-refractivity contribution in [1.82, 2.24) is 19.7 Å². The molecule has 0 spiro atoms. The standard InChI is InChI=1S/C19H24N4O/c1-22-13-20-21-18(22)15-9-11-23(12-10-15)19(24)17-8-4-6-14-5-2-3-7-16(14)17/h2-3,5,7,13,15,17H,4,6,8-12H2,1H3/t17-/m1/s1. The Labute approximate surface area is 142 Å². The van der Waals surface area contributed by atoms with Crippen LogP contribution in [0.25, 0.3) is 0 Å². The third-order valence-electron chi connectivity index (χ3n) is 5.59. The van der Waals surface area contributed by atoms with E-state index < -0.39 is 0 Å².